The van der Waals surface area contributed by atoms with Crippen molar-refractivity contribution in [3.63, 3.8) is 0 Å². The lowest BCUT2D eigenvalue weighted by Crippen LogP contribution is -2.36. The molecule has 1 fully saturated rings. The number of hydrogen-bond acceptors (Lipinski definition) is 16. The molecule has 7 N–H and O–H groups in total. The molecule has 1 aliphatic rings. The lowest BCUT2D eigenvalue weighted by molar-refractivity contribution is -0.161. The average Bonchev–Trinajstić information content (AvgIpc) is 3.62. The van der Waals surface area contributed by atoms with E-state index in [-0.39, 0.29) is 25.1 Å². The largest absolute Gasteiger partial charge is 0.481 e. The molecule has 0 radical (unpaired) electrons. The highest BCUT2D eigenvalue weighted by Gasteiger charge is 2.46. The monoisotopic (exact) mass is 1070 g/mol. The first-order valence-corrected chi connectivity index (χ1v) is 28.7. The van der Waals surface area contributed by atoms with Gasteiger partial charge in [0.05, 0.1) is 19.3 Å². The first kappa shape index (κ1) is 65.0. The van der Waals surface area contributed by atoms with Gasteiger partial charge < -0.3 is 45.1 Å². The highest BCUT2D eigenvalue weighted by molar-refractivity contribution is 7.61. The summed E-state index contributed by atoms with van der Waals surface area (Å²) in [5.74, 6) is -1.50. The Morgan fingerprint density at radius 3 is 2.00 bits per heavy atom. The fourth-order valence-electron chi connectivity index (χ4n) is 7.06. The summed E-state index contributed by atoms with van der Waals surface area (Å²) in [7, 11) is -10.9. The Labute approximate surface area is 431 Å². The zero-order valence-electron chi connectivity index (χ0n) is 42.8. The van der Waals surface area contributed by atoms with Crippen LogP contribution in [0.1, 0.15) is 155 Å². The standard InChI is InChI=1S/C52H83N3O16P2/c1-3-5-7-9-11-13-15-17-18-20-22-24-26-28-32-37-48(58)69-44(40-66-47(57)36-33-29-31-35-43(56)34-30-27-25-23-21-19-16-14-12-10-8-6-4-2)41-67-72(62,63)71-73(64,65)68-42-45-49(59)50(60)51(70-45)55-39-38-46(53)54-52(55)61/h6,8,12-15,19,21,25,27,29-31,34,38-39,43-45,49-51,56,59-60H,3-5,7,9-11,16-18,20,22-24,26,28,32-33,35-37,40-42H2,1-2H3,(H,62,63)(H,64,65)(H2,53,54,61)/b8-6-,14-12-,15-13-,21-19-,27-25-,31-29-,34-30-/t43?,44-,45-,49-,50-,51-/m1/s1. The summed E-state index contributed by atoms with van der Waals surface area (Å²) >= 11 is 0. The number of hydrogen-bond donors (Lipinski definition) is 6. The second kappa shape index (κ2) is 39.3. The van der Waals surface area contributed by atoms with E-state index in [1.165, 1.54) is 31.7 Å². The number of ether oxygens (including phenoxy) is 3. The number of carbonyl (C=O) groups excluding carboxylic acids is 2. The zero-order chi connectivity index (χ0) is 53.6. The van der Waals surface area contributed by atoms with Crippen molar-refractivity contribution in [2.45, 2.75) is 185 Å². The normalized spacial score (nSPS) is 20.1. The van der Waals surface area contributed by atoms with Gasteiger partial charge in [-0.3, -0.25) is 23.2 Å². The first-order valence-electron chi connectivity index (χ1n) is 25.7. The van der Waals surface area contributed by atoms with Crippen molar-refractivity contribution >= 4 is 33.4 Å². The summed E-state index contributed by atoms with van der Waals surface area (Å²) in [5.41, 5.74) is 4.57. The Kier molecular flexibility index (Phi) is 35.0. The summed E-state index contributed by atoms with van der Waals surface area (Å²) in [4.78, 5) is 61.9. The molecular formula is C52H83N3O16P2. The summed E-state index contributed by atoms with van der Waals surface area (Å²) in [6.45, 7) is 1.85. The van der Waals surface area contributed by atoms with Crippen molar-refractivity contribution in [2.24, 2.45) is 0 Å². The van der Waals surface area contributed by atoms with E-state index in [9.17, 15) is 48.6 Å². The maximum absolute atomic E-state index is 12.9. The lowest BCUT2D eigenvalue weighted by atomic mass is 10.1. The van der Waals surface area contributed by atoms with Gasteiger partial charge in [-0.15, -0.1) is 0 Å². The number of anilines is 1. The van der Waals surface area contributed by atoms with Crippen LogP contribution in [0.4, 0.5) is 5.82 Å². The van der Waals surface area contributed by atoms with Crippen LogP contribution in [0, 0.1) is 0 Å². The van der Waals surface area contributed by atoms with Gasteiger partial charge in [0.2, 0.25) is 0 Å². The van der Waals surface area contributed by atoms with Crippen LogP contribution in [0.2, 0.25) is 0 Å². The van der Waals surface area contributed by atoms with E-state index in [1.54, 1.807) is 24.3 Å². The van der Waals surface area contributed by atoms with Crippen molar-refractivity contribution in [1.29, 1.82) is 0 Å². The quantitative estimate of drug-likeness (QED) is 0.0117. The van der Waals surface area contributed by atoms with E-state index in [0.29, 0.717) is 12.8 Å². The minimum atomic E-state index is -5.46. The Morgan fingerprint density at radius 1 is 0.740 bits per heavy atom. The molecule has 1 aliphatic heterocycles. The molecule has 3 unspecified atom stereocenters. The molecule has 1 saturated heterocycles. The van der Waals surface area contributed by atoms with Crippen LogP contribution in [0.3, 0.4) is 0 Å². The van der Waals surface area contributed by atoms with Crippen LogP contribution in [0.5, 0.6) is 0 Å². The number of nitrogens with two attached hydrogens (primary N) is 1. The van der Waals surface area contributed by atoms with Gasteiger partial charge in [-0.05, 0) is 76.7 Å². The number of aliphatic hydroxyl groups is 3. The first-order chi connectivity index (χ1) is 35.1. The van der Waals surface area contributed by atoms with Gasteiger partial charge in [0.15, 0.2) is 12.3 Å². The Bertz CT molecular complexity index is 2070. The van der Waals surface area contributed by atoms with Crippen LogP contribution < -0.4 is 11.4 Å². The van der Waals surface area contributed by atoms with Crippen LogP contribution in [-0.2, 0) is 46.3 Å². The number of phosphoric acid groups is 2. The maximum Gasteiger partial charge on any atom is 0.481 e. The predicted octanol–water partition coefficient (Wildman–Crippen LogP) is 9.64. The molecule has 2 rings (SSSR count). The molecule has 1 aromatic rings. The van der Waals surface area contributed by atoms with Crippen LogP contribution in [0.25, 0.3) is 0 Å². The molecule has 0 saturated carbocycles. The van der Waals surface area contributed by atoms with Crippen LogP contribution in [-0.4, -0.2) is 96.9 Å². The fourth-order valence-corrected chi connectivity index (χ4v) is 9.17. The van der Waals surface area contributed by atoms with Crippen molar-refractivity contribution in [3.05, 3.63) is 108 Å². The average molecular weight is 1070 g/mol. The molecule has 412 valence electrons. The highest BCUT2D eigenvalue weighted by Crippen LogP contribution is 2.60. The van der Waals surface area contributed by atoms with E-state index < -0.39 is 89.8 Å². The Morgan fingerprint density at radius 2 is 1.34 bits per heavy atom. The number of aromatic nitrogens is 2. The molecule has 19 nitrogen and oxygen atoms in total. The second-order valence-corrected chi connectivity index (χ2v) is 20.5. The number of allylic oxidation sites excluding steroid dienone is 12. The van der Waals surface area contributed by atoms with Gasteiger partial charge in [0.1, 0.15) is 30.7 Å². The van der Waals surface area contributed by atoms with Gasteiger partial charge in [0.25, 0.3) is 0 Å². The van der Waals surface area contributed by atoms with Gasteiger partial charge in [-0.25, -0.2) is 13.9 Å². The minimum Gasteiger partial charge on any atom is -0.462 e. The SMILES string of the molecule is CC/C=C\C/C=C\C/C=C\C/C=C\C=C/C(O)C/C=C\CCC(=O)OC[C@H](COP(=O)(O)OP(=O)(O)OC[C@H]1O[C@@H](n2ccc(N)nc2=O)[C@H](O)[C@@H]1O)OC(=O)CCCCCCCCC/C=C\CCCCCC. The molecule has 0 aliphatic carbocycles. The number of carbonyl (C=O) groups is 2. The summed E-state index contributed by atoms with van der Waals surface area (Å²) < 4.78 is 56.6. The van der Waals surface area contributed by atoms with Gasteiger partial charge in [-0.1, -0.05) is 150 Å². The third-order valence-corrected chi connectivity index (χ3v) is 13.7. The third-order valence-electron chi connectivity index (χ3n) is 11.1. The Hall–Kier alpha value is -4.10. The lowest BCUT2D eigenvalue weighted by Gasteiger charge is -2.21. The Balaban J connectivity index is 1.86. The number of nitrogen functional groups attached to an aromatic ring is 1. The third kappa shape index (κ3) is 32.1. The molecule has 0 spiro atoms. The number of aliphatic hydroxyl groups excluding tert-OH is 3. The van der Waals surface area contributed by atoms with Gasteiger partial charge in [0, 0.05) is 19.0 Å². The van der Waals surface area contributed by atoms with E-state index in [1.807, 2.05) is 12.2 Å². The molecule has 1 aromatic heterocycles. The van der Waals surface area contributed by atoms with Crippen molar-refractivity contribution < 1.29 is 71.4 Å². The van der Waals surface area contributed by atoms with E-state index in [2.05, 4.69) is 71.8 Å². The number of esters is 2. The number of rotatable bonds is 41. The summed E-state index contributed by atoms with van der Waals surface area (Å²) in [6, 6.07) is 1.24. The number of phosphoric ester groups is 2. The molecule has 0 aromatic carbocycles. The van der Waals surface area contributed by atoms with Crippen LogP contribution >= 0.6 is 15.6 Å². The van der Waals surface area contributed by atoms with Crippen molar-refractivity contribution in [3.8, 4) is 0 Å². The topological polar surface area (TPSA) is 286 Å². The van der Waals surface area contributed by atoms with Crippen molar-refractivity contribution in [2.75, 3.05) is 25.6 Å². The molecule has 73 heavy (non-hydrogen) atoms. The second-order valence-electron chi connectivity index (χ2n) is 17.5. The fraction of sp³-hybridized carbons (Fsp3) is 0.615. The molecule has 21 heteroatoms. The summed E-state index contributed by atoms with van der Waals surface area (Å²) in [6.07, 6.45) is 38.3. The van der Waals surface area contributed by atoms with Crippen LogP contribution in [0.15, 0.2) is 102 Å². The van der Waals surface area contributed by atoms with E-state index in [0.717, 1.165) is 87.8 Å². The van der Waals surface area contributed by atoms with Crippen molar-refractivity contribution in [1.82, 2.24) is 9.55 Å². The molecular weight excluding hydrogens is 985 g/mol. The molecule has 0 bridgehead atoms. The van der Waals surface area contributed by atoms with Gasteiger partial charge in [-0.2, -0.15) is 9.29 Å². The molecule has 2 heterocycles. The highest BCUT2D eigenvalue weighted by atomic mass is 31.3. The summed E-state index contributed by atoms with van der Waals surface area (Å²) in [5, 5.41) is 31.2. The predicted molar refractivity (Wildman–Crippen MR) is 281 cm³/mol. The zero-order valence-corrected chi connectivity index (χ0v) is 44.6. The van der Waals surface area contributed by atoms with E-state index in [4.69, 9.17) is 29.0 Å². The van der Waals surface area contributed by atoms with E-state index >= 15 is 0 Å². The van der Waals surface area contributed by atoms with Gasteiger partial charge >= 0.3 is 33.3 Å². The molecule has 8 atom stereocenters. The molecule has 0 amide bonds. The number of unbranched alkanes of at least 4 members (excludes halogenated alkanes) is 11. The smallest absolute Gasteiger partial charge is 0.462 e. The maximum atomic E-state index is 12.9. The number of nitrogens with zero attached hydrogens (tertiary/aromatic N) is 2. The minimum absolute atomic E-state index is 0.00383.